The van der Waals surface area contributed by atoms with Crippen molar-refractivity contribution in [1.82, 2.24) is 10.2 Å². The van der Waals surface area contributed by atoms with Gasteiger partial charge in [0.2, 0.25) is 0 Å². The highest BCUT2D eigenvalue weighted by Crippen LogP contribution is 2.25. The molecule has 0 fully saturated rings. The summed E-state index contributed by atoms with van der Waals surface area (Å²) < 4.78 is 0. The minimum atomic E-state index is -0.244. The van der Waals surface area contributed by atoms with Crippen LogP contribution in [0.15, 0.2) is 48.5 Å². The smallest absolute Gasteiger partial charge is 0.318 e. The van der Waals surface area contributed by atoms with Crippen molar-refractivity contribution in [3.8, 4) is 0 Å². The molecule has 0 spiro atoms. The van der Waals surface area contributed by atoms with Crippen LogP contribution in [0, 0.1) is 0 Å². The zero-order chi connectivity index (χ0) is 17.5. The normalized spacial score (nSPS) is 11.8. The predicted molar refractivity (Wildman–Crippen MR) is 97.3 cm³/mol. The van der Waals surface area contributed by atoms with Gasteiger partial charge in [-0.05, 0) is 30.2 Å². The van der Waals surface area contributed by atoms with Gasteiger partial charge in [-0.15, -0.1) is 0 Å². The summed E-state index contributed by atoms with van der Waals surface area (Å²) in [4.78, 5) is 14.1. The van der Waals surface area contributed by atoms with Gasteiger partial charge in [-0.2, -0.15) is 0 Å². The first kappa shape index (κ1) is 18.6. The largest absolute Gasteiger partial charge is 0.395 e. The molecule has 4 nitrogen and oxygen atoms in total. The highest BCUT2D eigenvalue weighted by atomic mass is 35.5. The molecule has 0 bridgehead atoms. The second-order valence-corrected chi connectivity index (χ2v) is 6.29. The lowest BCUT2D eigenvalue weighted by molar-refractivity contribution is 0.171. The third-order valence-electron chi connectivity index (χ3n) is 3.66. The van der Waals surface area contributed by atoms with Crippen molar-refractivity contribution >= 4 is 29.2 Å². The minimum absolute atomic E-state index is 0.0958. The van der Waals surface area contributed by atoms with E-state index in [1.807, 2.05) is 43.3 Å². The maximum Gasteiger partial charge on any atom is 0.318 e. The Balaban J connectivity index is 2.04. The second-order valence-electron chi connectivity index (χ2n) is 5.48. The Hall–Kier alpha value is -1.75. The van der Waals surface area contributed by atoms with Gasteiger partial charge in [0.1, 0.15) is 0 Å². The van der Waals surface area contributed by atoms with E-state index in [-0.39, 0.29) is 25.2 Å². The van der Waals surface area contributed by atoms with E-state index in [2.05, 4.69) is 5.32 Å². The average molecular weight is 367 g/mol. The molecule has 0 heterocycles. The Labute approximate surface area is 152 Å². The molecule has 1 atom stereocenters. The van der Waals surface area contributed by atoms with E-state index in [0.29, 0.717) is 16.6 Å². The van der Waals surface area contributed by atoms with E-state index in [1.165, 1.54) is 0 Å². The molecule has 2 amide bonds. The third kappa shape index (κ3) is 5.13. The highest BCUT2D eigenvalue weighted by Gasteiger charge is 2.17. The average Bonchev–Trinajstić information content (AvgIpc) is 2.57. The van der Waals surface area contributed by atoms with Gasteiger partial charge in [0, 0.05) is 13.1 Å². The first-order valence-electron chi connectivity index (χ1n) is 7.66. The number of hydrogen-bond acceptors (Lipinski definition) is 2. The molecule has 0 saturated heterocycles. The molecule has 2 aromatic rings. The van der Waals surface area contributed by atoms with Gasteiger partial charge < -0.3 is 15.3 Å². The number of hydrogen-bond donors (Lipinski definition) is 2. The van der Waals surface area contributed by atoms with Crippen molar-refractivity contribution in [2.24, 2.45) is 0 Å². The maximum absolute atomic E-state index is 12.5. The summed E-state index contributed by atoms with van der Waals surface area (Å²) in [6.07, 6.45) is 0. The fraction of sp³-hybridized carbons (Fsp3) is 0.278. The lowest BCUT2D eigenvalue weighted by atomic mass is 10.1. The lowest BCUT2D eigenvalue weighted by Gasteiger charge is -2.25. The van der Waals surface area contributed by atoms with E-state index in [4.69, 9.17) is 23.2 Å². The fourth-order valence-electron chi connectivity index (χ4n) is 2.32. The van der Waals surface area contributed by atoms with Crippen LogP contribution in [0.25, 0.3) is 0 Å². The summed E-state index contributed by atoms with van der Waals surface area (Å²) in [5.74, 6) is 0. The molecule has 2 N–H and O–H groups in total. The molecule has 0 aliphatic rings. The Kier molecular flexibility index (Phi) is 6.91. The topological polar surface area (TPSA) is 52.6 Å². The zero-order valence-corrected chi connectivity index (χ0v) is 14.9. The monoisotopic (exact) mass is 366 g/mol. The van der Waals surface area contributed by atoms with Gasteiger partial charge in [0.25, 0.3) is 0 Å². The number of nitrogens with one attached hydrogen (secondary N) is 1. The molecule has 2 aromatic carbocycles. The Morgan fingerprint density at radius 2 is 1.88 bits per heavy atom. The summed E-state index contributed by atoms with van der Waals surface area (Å²) in [6, 6.07) is 14.4. The molecule has 1 unspecified atom stereocenters. The van der Waals surface area contributed by atoms with E-state index in [0.717, 1.165) is 11.1 Å². The molecule has 0 aromatic heterocycles. The maximum atomic E-state index is 12.5. The number of benzene rings is 2. The van der Waals surface area contributed by atoms with Crippen molar-refractivity contribution in [3.63, 3.8) is 0 Å². The minimum Gasteiger partial charge on any atom is -0.395 e. The fourth-order valence-corrected chi connectivity index (χ4v) is 2.63. The SMILES string of the molecule is CC(NC(=O)N(CCO)Cc1ccccc1)c1ccc(Cl)c(Cl)c1. The molecular weight excluding hydrogens is 347 g/mol. The van der Waals surface area contributed by atoms with Crippen molar-refractivity contribution < 1.29 is 9.90 Å². The number of rotatable bonds is 6. The van der Waals surface area contributed by atoms with Crippen molar-refractivity contribution in [2.45, 2.75) is 19.5 Å². The Bertz CT molecular complexity index is 680. The van der Waals surface area contributed by atoms with Crippen LogP contribution in [-0.4, -0.2) is 29.2 Å². The van der Waals surface area contributed by atoms with E-state index in [1.54, 1.807) is 17.0 Å². The van der Waals surface area contributed by atoms with Crippen LogP contribution in [-0.2, 0) is 6.54 Å². The molecular formula is C18H20Cl2N2O2. The molecule has 0 aliphatic carbocycles. The number of halogens is 2. The van der Waals surface area contributed by atoms with Crippen molar-refractivity contribution in [2.75, 3.05) is 13.2 Å². The number of amides is 2. The number of aliphatic hydroxyl groups is 1. The highest BCUT2D eigenvalue weighted by molar-refractivity contribution is 6.42. The summed E-state index contributed by atoms with van der Waals surface area (Å²) in [5, 5.41) is 13.1. The molecule has 128 valence electrons. The van der Waals surface area contributed by atoms with Gasteiger partial charge >= 0.3 is 6.03 Å². The summed E-state index contributed by atoms with van der Waals surface area (Å²) in [5.41, 5.74) is 1.87. The molecule has 0 aliphatic heterocycles. The molecule has 0 radical (unpaired) electrons. The standard InChI is InChI=1S/C18H20Cl2N2O2/c1-13(15-7-8-16(19)17(20)11-15)21-18(24)22(9-10-23)12-14-5-3-2-4-6-14/h2-8,11,13,23H,9-10,12H2,1H3,(H,21,24). The van der Waals surface area contributed by atoms with Crippen LogP contribution in [0.4, 0.5) is 4.79 Å². The van der Waals surface area contributed by atoms with Crippen LogP contribution in [0.3, 0.4) is 0 Å². The second kappa shape index (κ2) is 8.92. The molecule has 2 rings (SSSR count). The van der Waals surface area contributed by atoms with E-state index < -0.39 is 0 Å². The van der Waals surface area contributed by atoms with E-state index >= 15 is 0 Å². The van der Waals surface area contributed by atoms with Crippen LogP contribution in [0.2, 0.25) is 10.0 Å². The Morgan fingerprint density at radius 3 is 2.50 bits per heavy atom. The van der Waals surface area contributed by atoms with Crippen LogP contribution < -0.4 is 5.32 Å². The molecule has 6 heteroatoms. The number of carbonyl (C=O) groups is 1. The summed E-state index contributed by atoms with van der Waals surface area (Å²) >= 11 is 11.9. The number of urea groups is 1. The number of aliphatic hydroxyl groups excluding tert-OH is 1. The molecule has 24 heavy (non-hydrogen) atoms. The summed E-state index contributed by atoms with van der Waals surface area (Å²) in [6.45, 7) is 2.47. The lowest BCUT2D eigenvalue weighted by Crippen LogP contribution is -2.42. The van der Waals surface area contributed by atoms with Gasteiger partial charge in [-0.25, -0.2) is 4.79 Å². The van der Waals surface area contributed by atoms with Crippen LogP contribution in [0.5, 0.6) is 0 Å². The van der Waals surface area contributed by atoms with Crippen LogP contribution >= 0.6 is 23.2 Å². The van der Waals surface area contributed by atoms with E-state index in [9.17, 15) is 9.90 Å². The van der Waals surface area contributed by atoms with Gasteiger partial charge in [-0.3, -0.25) is 0 Å². The number of nitrogens with zero attached hydrogens (tertiary/aromatic N) is 1. The van der Waals surface area contributed by atoms with Gasteiger partial charge in [-0.1, -0.05) is 59.6 Å². The first-order chi connectivity index (χ1) is 11.5. The van der Waals surface area contributed by atoms with Crippen LogP contribution in [0.1, 0.15) is 24.1 Å². The number of carbonyl (C=O) groups excluding carboxylic acids is 1. The zero-order valence-electron chi connectivity index (χ0n) is 13.4. The van der Waals surface area contributed by atoms with Crippen molar-refractivity contribution in [1.29, 1.82) is 0 Å². The predicted octanol–water partition coefficient (Wildman–Crippen LogP) is 4.26. The molecule has 0 saturated carbocycles. The summed E-state index contributed by atoms with van der Waals surface area (Å²) in [7, 11) is 0. The van der Waals surface area contributed by atoms with Crippen molar-refractivity contribution in [3.05, 3.63) is 69.7 Å². The van der Waals surface area contributed by atoms with Gasteiger partial charge in [0.15, 0.2) is 0 Å². The Morgan fingerprint density at radius 1 is 1.17 bits per heavy atom. The van der Waals surface area contributed by atoms with Gasteiger partial charge in [0.05, 0.1) is 22.7 Å². The quantitative estimate of drug-likeness (QED) is 0.802. The first-order valence-corrected chi connectivity index (χ1v) is 8.42. The third-order valence-corrected chi connectivity index (χ3v) is 4.40.